The quantitative estimate of drug-likeness (QED) is 0.864. The van der Waals surface area contributed by atoms with E-state index >= 15 is 0 Å². The van der Waals surface area contributed by atoms with Crippen LogP contribution in [0.5, 0.6) is 0 Å². The Kier molecular flexibility index (Phi) is 4.70. The molecule has 0 amide bonds. The Balaban J connectivity index is 2.21. The highest BCUT2D eigenvalue weighted by atomic mass is 32.2. The fraction of sp³-hybridized carbons (Fsp3) is 0.714. The van der Waals surface area contributed by atoms with Crippen LogP contribution in [0.25, 0.3) is 0 Å². The topological polar surface area (TPSA) is 84.0 Å². The van der Waals surface area contributed by atoms with E-state index in [9.17, 15) is 8.42 Å². The first-order valence-electron chi connectivity index (χ1n) is 7.37. The minimum atomic E-state index is -2.93. The Bertz CT molecular complexity index is 614. The predicted octanol–water partition coefficient (Wildman–Crippen LogP) is 1.94. The van der Waals surface area contributed by atoms with E-state index in [1.165, 1.54) is 0 Å². The molecule has 0 bridgehead atoms. The highest BCUT2D eigenvalue weighted by molar-refractivity contribution is 7.92. The average Bonchev–Trinajstić information content (AvgIpc) is 2.76. The van der Waals surface area contributed by atoms with Crippen LogP contribution in [0.15, 0.2) is 0 Å². The predicted molar refractivity (Wildman–Crippen MR) is 85.7 cm³/mol. The van der Waals surface area contributed by atoms with Gasteiger partial charge in [-0.2, -0.15) is 0 Å². The van der Waals surface area contributed by atoms with Crippen LogP contribution in [0.4, 0.5) is 11.6 Å². The molecule has 0 aliphatic carbocycles. The van der Waals surface area contributed by atoms with Crippen LogP contribution in [-0.4, -0.2) is 43.0 Å². The van der Waals surface area contributed by atoms with Crippen molar-refractivity contribution in [3.63, 3.8) is 0 Å². The highest BCUT2D eigenvalue weighted by Crippen LogP contribution is 2.25. The van der Waals surface area contributed by atoms with Crippen molar-refractivity contribution in [2.24, 2.45) is 0 Å². The molecule has 6 nitrogen and oxygen atoms in total. The van der Waals surface area contributed by atoms with Crippen LogP contribution in [-0.2, 0) is 9.84 Å². The second-order valence-corrected chi connectivity index (χ2v) is 8.22. The summed E-state index contributed by atoms with van der Waals surface area (Å²) < 4.78 is 23.8. The summed E-state index contributed by atoms with van der Waals surface area (Å²) in [7, 11) is -1.11. The monoisotopic (exact) mass is 312 g/mol. The Morgan fingerprint density at radius 1 is 1.29 bits per heavy atom. The van der Waals surface area contributed by atoms with Gasteiger partial charge in [-0.25, -0.2) is 18.4 Å². The summed E-state index contributed by atoms with van der Waals surface area (Å²) in [4.78, 5) is 9.01. The fourth-order valence-corrected chi connectivity index (χ4v) is 4.27. The molecule has 1 atom stereocenters. The van der Waals surface area contributed by atoms with Crippen molar-refractivity contribution >= 4 is 21.5 Å². The molecule has 1 aliphatic heterocycles. The van der Waals surface area contributed by atoms with E-state index in [0.717, 1.165) is 35.9 Å². The molecular weight excluding hydrogens is 288 g/mol. The lowest BCUT2D eigenvalue weighted by Crippen LogP contribution is -2.26. The summed E-state index contributed by atoms with van der Waals surface area (Å²) in [5.41, 5.74) is 0.914. The number of sulfone groups is 1. The molecule has 2 rings (SSSR count). The second kappa shape index (κ2) is 6.17. The van der Waals surface area contributed by atoms with Gasteiger partial charge in [-0.3, -0.25) is 0 Å². The molecule has 1 saturated heterocycles. The maximum Gasteiger partial charge on any atom is 0.154 e. The molecule has 1 aliphatic rings. The van der Waals surface area contributed by atoms with Crippen LogP contribution < -0.4 is 10.6 Å². The van der Waals surface area contributed by atoms with Gasteiger partial charge in [-0.15, -0.1) is 0 Å². The van der Waals surface area contributed by atoms with Gasteiger partial charge >= 0.3 is 0 Å². The maximum atomic E-state index is 11.9. The van der Waals surface area contributed by atoms with Gasteiger partial charge in [-0.05, 0) is 19.8 Å². The van der Waals surface area contributed by atoms with E-state index in [1.54, 1.807) is 0 Å². The zero-order valence-corrected chi connectivity index (χ0v) is 13.9. The molecule has 1 aromatic heterocycles. The second-order valence-electron chi connectivity index (χ2n) is 5.82. The lowest BCUT2D eigenvalue weighted by molar-refractivity contribution is 0.591. The van der Waals surface area contributed by atoms with Crippen molar-refractivity contribution in [1.29, 1.82) is 0 Å². The highest BCUT2D eigenvalue weighted by Gasteiger charge is 2.31. The third-order valence-corrected chi connectivity index (χ3v) is 6.15. The number of hydrogen-bond donors (Lipinski definition) is 2. The summed E-state index contributed by atoms with van der Waals surface area (Å²) >= 11 is 0. The van der Waals surface area contributed by atoms with Crippen molar-refractivity contribution < 1.29 is 8.42 Å². The largest absolute Gasteiger partial charge is 0.373 e. The lowest BCUT2D eigenvalue weighted by atomic mass is 10.2. The first kappa shape index (κ1) is 16.0. The summed E-state index contributed by atoms with van der Waals surface area (Å²) in [6, 6.07) is 0. The van der Waals surface area contributed by atoms with Gasteiger partial charge in [0.2, 0.25) is 0 Å². The van der Waals surface area contributed by atoms with E-state index in [1.807, 2.05) is 27.8 Å². The van der Waals surface area contributed by atoms with Crippen molar-refractivity contribution in [2.75, 3.05) is 30.0 Å². The summed E-state index contributed by atoms with van der Waals surface area (Å²) in [6.45, 7) is 6.42. The molecule has 1 fully saturated rings. The molecular formula is C14H24N4O2S. The number of hydrogen-bond acceptors (Lipinski definition) is 6. The molecule has 0 aromatic carbocycles. The average molecular weight is 312 g/mol. The molecule has 1 aromatic rings. The lowest BCUT2D eigenvalue weighted by Gasteiger charge is -2.17. The van der Waals surface area contributed by atoms with Gasteiger partial charge in [-0.1, -0.05) is 13.8 Å². The minimum Gasteiger partial charge on any atom is -0.373 e. The molecule has 2 N–H and O–H groups in total. The fourth-order valence-electron chi connectivity index (χ4n) is 2.51. The van der Waals surface area contributed by atoms with Crippen LogP contribution in [0.3, 0.4) is 0 Å². The third kappa shape index (κ3) is 3.45. The number of anilines is 2. The number of aromatic nitrogens is 2. The standard InChI is InChI=1S/C14H24N4O2S/c1-9(2)12-17-13(15-4)10(3)14(18-12)16-8-11-6-5-7-21(11,19)20/h9,11H,5-8H2,1-4H3,(H2,15,16,17,18). The van der Waals surface area contributed by atoms with Crippen LogP contribution in [0.1, 0.15) is 44.0 Å². The van der Waals surface area contributed by atoms with E-state index in [4.69, 9.17) is 0 Å². The zero-order valence-electron chi connectivity index (χ0n) is 13.1. The SMILES string of the molecule is CNc1nc(C(C)C)nc(NCC2CCCS2(=O)=O)c1C. The zero-order chi connectivity index (χ0) is 15.6. The number of nitrogens with zero attached hydrogens (tertiary/aromatic N) is 2. The van der Waals surface area contributed by atoms with Crippen molar-refractivity contribution in [1.82, 2.24) is 9.97 Å². The van der Waals surface area contributed by atoms with Gasteiger partial charge in [0.15, 0.2) is 9.84 Å². The first-order valence-corrected chi connectivity index (χ1v) is 9.08. The van der Waals surface area contributed by atoms with Gasteiger partial charge in [0.1, 0.15) is 17.5 Å². The van der Waals surface area contributed by atoms with Crippen molar-refractivity contribution in [3.8, 4) is 0 Å². The van der Waals surface area contributed by atoms with Crippen LogP contribution in [0.2, 0.25) is 0 Å². The Hall–Kier alpha value is -1.37. The van der Waals surface area contributed by atoms with Crippen molar-refractivity contribution in [3.05, 3.63) is 11.4 Å². The van der Waals surface area contributed by atoms with E-state index < -0.39 is 9.84 Å². The van der Waals surface area contributed by atoms with Gasteiger partial charge in [0.05, 0.1) is 11.0 Å². The summed E-state index contributed by atoms with van der Waals surface area (Å²) in [5.74, 6) is 2.78. The Morgan fingerprint density at radius 2 is 1.95 bits per heavy atom. The minimum absolute atomic E-state index is 0.216. The molecule has 118 valence electrons. The molecule has 7 heteroatoms. The molecule has 0 saturated carbocycles. The number of nitrogens with one attached hydrogen (secondary N) is 2. The van der Waals surface area contributed by atoms with Crippen LogP contribution in [0, 0.1) is 6.92 Å². The summed E-state index contributed by atoms with van der Waals surface area (Å²) in [5, 5.41) is 5.98. The normalized spacial score (nSPS) is 20.7. The third-order valence-electron chi connectivity index (χ3n) is 3.88. The summed E-state index contributed by atoms with van der Waals surface area (Å²) in [6.07, 6.45) is 1.49. The molecule has 0 radical (unpaired) electrons. The Morgan fingerprint density at radius 3 is 2.48 bits per heavy atom. The van der Waals surface area contributed by atoms with Crippen molar-refractivity contribution in [2.45, 2.75) is 44.8 Å². The first-order chi connectivity index (χ1) is 9.85. The van der Waals surface area contributed by atoms with Gasteiger partial charge < -0.3 is 10.6 Å². The van der Waals surface area contributed by atoms with E-state index in [2.05, 4.69) is 20.6 Å². The maximum absolute atomic E-state index is 11.9. The smallest absolute Gasteiger partial charge is 0.154 e. The van der Waals surface area contributed by atoms with Gasteiger partial charge in [0.25, 0.3) is 0 Å². The van der Waals surface area contributed by atoms with E-state index in [-0.39, 0.29) is 11.2 Å². The van der Waals surface area contributed by atoms with Gasteiger partial charge in [0, 0.05) is 25.1 Å². The molecule has 1 unspecified atom stereocenters. The Labute approximate surface area is 126 Å². The van der Waals surface area contributed by atoms with E-state index in [0.29, 0.717) is 12.3 Å². The van der Waals surface area contributed by atoms with Crippen LogP contribution >= 0.6 is 0 Å². The number of rotatable bonds is 5. The molecule has 0 spiro atoms. The molecule has 2 heterocycles. The molecule has 21 heavy (non-hydrogen) atoms.